The Balaban J connectivity index is 2.02. The van der Waals surface area contributed by atoms with Crippen LogP contribution in [0.25, 0.3) is 6.08 Å². The Hall–Kier alpha value is -2.27. The number of rotatable bonds is 9. The summed E-state index contributed by atoms with van der Waals surface area (Å²) in [5.41, 5.74) is 2.86. The normalized spacial score (nSPS) is 11.5. The van der Waals surface area contributed by atoms with Gasteiger partial charge in [-0.15, -0.1) is 0 Å². The summed E-state index contributed by atoms with van der Waals surface area (Å²) in [5.74, 6) is 1.19. The maximum atomic E-state index is 12.4. The highest BCUT2D eigenvalue weighted by atomic mass is 79.9. The largest absolute Gasteiger partial charge is 0.493 e. The number of carbonyl (C=O) groups is 1. The molecule has 1 N–H and O–H groups in total. The van der Waals surface area contributed by atoms with Crippen LogP contribution in [-0.4, -0.2) is 19.6 Å². The van der Waals surface area contributed by atoms with E-state index in [4.69, 9.17) is 9.47 Å². The molecule has 162 valence electrons. The molecule has 0 heterocycles. The fourth-order valence-corrected chi connectivity index (χ4v) is 3.35. The summed E-state index contributed by atoms with van der Waals surface area (Å²) < 4.78 is 12.1. The van der Waals surface area contributed by atoms with Crippen LogP contribution in [0, 0.1) is 0 Å². The van der Waals surface area contributed by atoms with Crippen molar-refractivity contribution in [1.29, 1.82) is 0 Å². The molecule has 0 aliphatic rings. The summed E-state index contributed by atoms with van der Waals surface area (Å²) in [6.45, 7) is 9.31. The van der Waals surface area contributed by atoms with Crippen molar-refractivity contribution >= 4 is 33.6 Å². The molecule has 0 atom stereocenters. The standard InChI is InChI=1S/C25H32BrNO3/c1-6-7-8-15-30-22-13-9-18(16-23(22)29-5)10-14-24(28)27-21-12-11-19(17-20(21)26)25(2,3)4/h9-14,16-17H,6-8,15H2,1-5H3,(H,27,28)/b14-10+. The van der Waals surface area contributed by atoms with Crippen LogP contribution in [0.4, 0.5) is 5.69 Å². The van der Waals surface area contributed by atoms with Crippen LogP contribution in [0.1, 0.15) is 58.1 Å². The molecular formula is C25H32BrNO3. The average Bonchev–Trinajstić information content (AvgIpc) is 2.70. The summed E-state index contributed by atoms with van der Waals surface area (Å²) in [4.78, 5) is 12.4. The molecule has 2 aromatic rings. The third-order valence-electron chi connectivity index (χ3n) is 4.71. The number of benzene rings is 2. The molecule has 0 bridgehead atoms. The first-order valence-electron chi connectivity index (χ1n) is 10.3. The van der Waals surface area contributed by atoms with E-state index in [1.807, 2.05) is 36.4 Å². The number of halogens is 1. The third kappa shape index (κ3) is 7.21. The van der Waals surface area contributed by atoms with Crippen molar-refractivity contribution in [3.63, 3.8) is 0 Å². The molecule has 0 aliphatic carbocycles. The smallest absolute Gasteiger partial charge is 0.248 e. The lowest BCUT2D eigenvalue weighted by molar-refractivity contribution is -0.111. The second-order valence-corrected chi connectivity index (χ2v) is 9.09. The van der Waals surface area contributed by atoms with E-state index in [1.54, 1.807) is 13.2 Å². The van der Waals surface area contributed by atoms with Crippen molar-refractivity contribution in [2.45, 2.75) is 52.4 Å². The van der Waals surface area contributed by atoms with Crippen LogP contribution in [0.2, 0.25) is 0 Å². The van der Waals surface area contributed by atoms with Crippen LogP contribution < -0.4 is 14.8 Å². The Bertz CT molecular complexity index is 884. The van der Waals surface area contributed by atoms with Gasteiger partial charge < -0.3 is 14.8 Å². The predicted octanol–water partition coefficient (Wildman–Crippen LogP) is 6.98. The Kier molecular flexibility index (Phi) is 8.97. The van der Waals surface area contributed by atoms with E-state index in [0.717, 1.165) is 40.7 Å². The van der Waals surface area contributed by atoms with Gasteiger partial charge in [0, 0.05) is 10.5 Å². The monoisotopic (exact) mass is 473 g/mol. The highest BCUT2D eigenvalue weighted by Gasteiger charge is 2.15. The molecule has 0 fully saturated rings. The first kappa shape index (κ1) is 24.0. The fourth-order valence-electron chi connectivity index (χ4n) is 2.87. The molecular weight excluding hydrogens is 442 g/mol. The quantitative estimate of drug-likeness (QED) is 0.315. The van der Waals surface area contributed by atoms with Crippen molar-refractivity contribution < 1.29 is 14.3 Å². The molecule has 0 aliphatic heterocycles. The van der Waals surface area contributed by atoms with Gasteiger partial charge in [0.1, 0.15) is 0 Å². The molecule has 0 aromatic heterocycles. The van der Waals surface area contributed by atoms with Gasteiger partial charge in [-0.05, 0) is 69.2 Å². The second kappa shape index (κ2) is 11.2. The molecule has 0 saturated heterocycles. The zero-order chi connectivity index (χ0) is 22.1. The molecule has 2 rings (SSSR count). The lowest BCUT2D eigenvalue weighted by Crippen LogP contribution is -2.12. The minimum atomic E-state index is -0.196. The molecule has 1 amide bonds. The first-order valence-corrected chi connectivity index (χ1v) is 11.1. The Morgan fingerprint density at radius 1 is 1.10 bits per heavy atom. The van der Waals surface area contributed by atoms with Gasteiger partial charge in [-0.1, -0.05) is 52.7 Å². The van der Waals surface area contributed by atoms with Crippen LogP contribution in [0.3, 0.4) is 0 Å². The van der Waals surface area contributed by atoms with E-state index in [0.29, 0.717) is 12.4 Å². The van der Waals surface area contributed by atoms with Gasteiger partial charge in [0.15, 0.2) is 11.5 Å². The summed E-state index contributed by atoms with van der Waals surface area (Å²) in [7, 11) is 1.62. The third-order valence-corrected chi connectivity index (χ3v) is 5.37. The maximum Gasteiger partial charge on any atom is 0.248 e. The van der Waals surface area contributed by atoms with Gasteiger partial charge in [-0.25, -0.2) is 0 Å². The number of hydrogen-bond acceptors (Lipinski definition) is 3. The van der Waals surface area contributed by atoms with Crippen molar-refractivity contribution in [3.8, 4) is 11.5 Å². The van der Waals surface area contributed by atoms with E-state index in [9.17, 15) is 4.79 Å². The lowest BCUT2D eigenvalue weighted by Gasteiger charge is -2.20. The number of ether oxygens (including phenoxy) is 2. The van der Waals surface area contributed by atoms with Crippen molar-refractivity contribution in [3.05, 3.63) is 58.1 Å². The summed E-state index contributed by atoms with van der Waals surface area (Å²) in [6.07, 6.45) is 6.60. The molecule has 0 saturated carbocycles. The van der Waals surface area contributed by atoms with Gasteiger partial charge >= 0.3 is 0 Å². The molecule has 2 aromatic carbocycles. The molecule has 30 heavy (non-hydrogen) atoms. The Morgan fingerprint density at radius 2 is 1.87 bits per heavy atom. The molecule has 0 radical (unpaired) electrons. The van der Waals surface area contributed by atoms with Crippen molar-refractivity contribution in [2.24, 2.45) is 0 Å². The summed E-state index contributed by atoms with van der Waals surface area (Å²) >= 11 is 3.55. The van der Waals surface area contributed by atoms with Crippen LogP contribution in [0.15, 0.2) is 46.9 Å². The molecule has 4 nitrogen and oxygen atoms in total. The van der Waals surface area contributed by atoms with E-state index in [2.05, 4.69) is 48.9 Å². The van der Waals surface area contributed by atoms with Gasteiger partial charge in [0.25, 0.3) is 0 Å². The average molecular weight is 474 g/mol. The number of methoxy groups -OCH3 is 1. The van der Waals surface area contributed by atoms with E-state index >= 15 is 0 Å². The molecule has 5 heteroatoms. The number of nitrogens with one attached hydrogen (secondary N) is 1. The Labute approximate surface area is 188 Å². The maximum absolute atomic E-state index is 12.4. The number of unbranched alkanes of at least 4 members (excludes halogenated alkanes) is 2. The summed E-state index contributed by atoms with van der Waals surface area (Å²) in [5, 5.41) is 2.91. The van der Waals surface area contributed by atoms with Crippen LogP contribution in [-0.2, 0) is 10.2 Å². The van der Waals surface area contributed by atoms with E-state index < -0.39 is 0 Å². The topological polar surface area (TPSA) is 47.6 Å². The van der Waals surface area contributed by atoms with E-state index in [1.165, 1.54) is 11.6 Å². The number of carbonyl (C=O) groups excluding carboxylic acids is 1. The van der Waals surface area contributed by atoms with Crippen molar-refractivity contribution in [2.75, 3.05) is 19.0 Å². The van der Waals surface area contributed by atoms with Gasteiger partial charge in [-0.3, -0.25) is 4.79 Å². The Morgan fingerprint density at radius 3 is 2.50 bits per heavy atom. The number of amides is 1. The SMILES string of the molecule is CCCCCOc1ccc(/C=C/C(=O)Nc2ccc(C(C)(C)C)cc2Br)cc1OC. The minimum absolute atomic E-state index is 0.0515. The summed E-state index contributed by atoms with van der Waals surface area (Å²) in [6, 6.07) is 11.7. The van der Waals surface area contributed by atoms with E-state index in [-0.39, 0.29) is 11.3 Å². The van der Waals surface area contributed by atoms with Crippen LogP contribution in [0.5, 0.6) is 11.5 Å². The number of anilines is 1. The van der Waals surface area contributed by atoms with Gasteiger partial charge in [-0.2, -0.15) is 0 Å². The first-order chi connectivity index (χ1) is 14.2. The highest BCUT2D eigenvalue weighted by molar-refractivity contribution is 9.10. The van der Waals surface area contributed by atoms with Crippen molar-refractivity contribution in [1.82, 2.24) is 0 Å². The zero-order valence-corrected chi connectivity index (χ0v) is 20.1. The predicted molar refractivity (Wildman–Crippen MR) is 129 cm³/mol. The second-order valence-electron chi connectivity index (χ2n) is 8.23. The van der Waals surface area contributed by atoms with Crippen LogP contribution >= 0.6 is 15.9 Å². The molecule has 0 unspecified atom stereocenters. The highest BCUT2D eigenvalue weighted by Crippen LogP contribution is 2.31. The lowest BCUT2D eigenvalue weighted by atomic mass is 9.87. The fraction of sp³-hybridized carbons (Fsp3) is 0.400. The minimum Gasteiger partial charge on any atom is -0.493 e. The number of hydrogen-bond donors (Lipinski definition) is 1. The van der Waals surface area contributed by atoms with Gasteiger partial charge in [0.05, 0.1) is 19.4 Å². The zero-order valence-electron chi connectivity index (χ0n) is 18.5. The van der Waals surface area contributed by atoms with Gasteiger partial charge in [0.2, 0.25) is 5.91 Å². The molecule has 0 spiro atoms.